The molecule has 5 nitrogen and oxygen atoms in total. The van der Waals surface area contributed by atoms with Crippen LogP contribution in [0.2, 0.25) is 0 Å². The van der Waals surface area contributed by atoms with E-state index >= 15 is 0 Å². The number of carbonyl (C=O) groups is 1. The van der Waals surface area contributed by atoms with Crippen LogP contribution in [0.25, 0.3) is 0 Å². The summed E-state index contributed by atoms with van der Waals surface area (Å²) in [5, 5.41) is 1.99. The Morgan fingerprint density at radius 2 is 2.08 bits per heavy atom. The lowest BCUT2D eigenvalue weighted by molar-refractivity contribution is -0.116. The number of thiophene rings is 1. The van der Waals surface area contributed by atoms with E-state index in [9.17, 15) is 13.2 Å². The maximum absolute atomic E-state index is 13.2. The fourth-order valence-electron chi connectivity index (χ4n) is 3.79. The molecule has 1 saturated heterocycles. The Balaban J connectivity index is 1.68. The average molecular weight is 377 g/mol. The van der Waals surface area contributed by atoms with Gasteiger partial charge in [-0.05, 0) is 54.5 Å². The molecule has 0 bridgehead atoms. The molecule has 1 aromatic heterocycles. The number of nitrogens with zero attached hydrogens (tertiary/aromatic N) is 2. The summed E-state index contributed by atoms with van der Waals surface area (Å²) in [5.41, 5.74) is 1.77. The van der Waals surface area contributed by atoms with Crippen molar-refractivity contribution in [2.75, 3.05) is 18.0 Å². The van der Waals surface area contributed by atoms with Gasteiger partial charge >= 0.3 is 0 Å². The normalized spacial score (nSPS) is 20.8. The number of amides is 1. The smallest absolute Gasteiger partial charge is 0.243 e. The van der Waals surface area contributed by atoms with Crippen molar-refractivity contribution >= 4 is 33.0 Å². The predicted molar refractivity (Wildman–Crippen MR) is 98.4 cm³/mol. The van der Waals surface area contributed by atoms with Crippen molar-refractivity contribution < 1.29 is 13.2 Å². The van der Waals surface area contributed by atoms with Crippen LogP contribution in [0.4, 0.5) is 5.69 Å². The molecule has 2 aliphatic heterocycles. The van der Waals surface area contributed by atoms with Gasteiger partial charge < -0.3 is 4.90 Å². The quantitative estimate of drug-likeness (QED) is 0.827. The third kappa shape index (κ3) is 2.80. The van der Waals surface area contributed by atoms with Crippen LogP contribution in [-0.4, -0.2) is 31.7 Å². The summed E-state index contributed by atoms with van der Waals surface area (Å²) in [6.07, 6.45) is 2.44. The Labute approximate surface area is 151 Å². The fourth-order valence-corrected chi connectivity index (χ4v) is 6.46. The second kappa shape index (κ2) is 6.23. The summed E-state index contributed by atoms with van der Waals surface area (Å²) >= 11 is 1.61. The Morgan fingerprint density at radius 3 is 2.80 bits per heavy atom. The summed E-state index contributed by atoms with van der Waals surface area (Å²) in [4.78, 5) is 14.8. The molecule has 1 amide bonds. The van der Waals surface area contributed by atoms with Gasteiger partial charge in [-0.15, -0.1) is 11.3 Å². The van der Waals surface area contributed by atoms with E-state index < -0.39 is 10.0 Å². The largest absolute Gasteiger partial charge is 0.312 e. The molecule has 0 saturated carbocycles. The van der Waals surface area contributed by atoms with Gasteiger partial charge in [0.15, 0.2) is 0 Å². The van der Waals surface area contributed by atoms with Crippen LogP contribution in [0.3, 0.4) is 0 Å². The van der Waals surface area contributed by atoms with E-state index in [4.69, 9.17) is 0 Å². The monoisotopic (exact) mass is 376 g/mol. The van der Waals surface area contributed by atoms with Gasteiger partial charge in [0, 0.05) is 30.6 Å². The second-order valence-electron chi connectivity index (χ2n) is 6.50. The second-order valence-corrected chi connectivity index (χ2v) is 9.37. The molecule has 0 radical (unpaired) electrons. The molecule has 1 atom stereocenters. The van der Waals surface area contributed by atoms with Gasteiger partial charge in [0.25, 0.3) is 0 Å². The Hall–Kier alpha value is -1.70. The van der Waals surface area contributed by atoms with Crippen LogP contribution in [0, 0.1) is 0 Å². The van der Waals surface area contributed by atoms with Gasteiger partial charge in [0.1, 0.15) is 0 Å². The number of benzene rings is 1. The summed E-state index contributed by atoms with van der Waals surface area (Å²) in [6.45, 7) is 2.72. The van der Waals surface area contributed by atoms with E-state index in [0.717, 1.165) is 29.0 Å². The zero-order valence-electron chi connectivity index (χ0n) is 14.0. The SMILES string of the molecule is CC(=O)N1CCc2cc(S(=O)(=O)N3CCC[C@@H]3c3cccs3)ccc21. The highest BCUT2D eigenvalue weighted by molar-refractivity contribution is 7.89. The molecule has 0 N–H and O–H groups in total. The first-order valence-electron chi connectivity index (χ1n) is 8.45. The summed E-state index contributed by atoms with van der Waals surface area (Å²) in [5.74, 6) is -0.00772. The zero-order chi connectivity index (χ0) is 17.6. The van der Waals surface area contributed by atoms with Crippen LogP contribution in [-0.2, 0) is 21.2 Å². The first-order valence-corrected chi connectivity index (χ1v) is 10.8. The van der Waals surface area contributed by atoms with Gasteiger partial charge in [0.05, 0.1) is 10.9 Å². The molecule has 132 valence electrons. The lowest BCUT2D eigenvalue weighted by atomic mass is 10.2. The molecule has 3 heterocycles. The standard InChI is InChI=1S/C18H20N2O3S2/c1-13(21)19-10-8-14-12-15(6-7-16(14)19)25(22,23)20-9-2-4-17(20)18-5-3-11-24-18/h3,5-7,11-12,17H,2,4,8-10H2,1H3/t17-/m1/s1. The number of fused-ring (bicyclic) bond motifs is 1. The molecule has 7 heteroatoms. The summed E-state index contributed by atoms with van der Waals surface area (Å²) in [7, 11) is -3.54. The van der Waals surface area contributed by atoms with Crippen LogP contribution < -0.4 is 4.90 Å². The highest BCUT2D eigenvalue weighted by atomic mass is 32.2. The lowest BCUT2D eigenvalue weighted by Crippen LogP contribution is -2.30. The minimum atomic E-state index is -3.54. The van der Waals surface area contributed by atoms with Crippen LogP contribution in [0.1, 0.15) is 36.2 Å². The van der Waals surface area contributed by atoms with Crippen LogP contribution in [0.5, 0.6) is 0 Å². The van der Waals surface area contributed by atoms with E-state index in [0.29, 0.717) is 24.4 Å². The summed E-state index contributed by atoms with van der Waals surface area (Å²) < 4.78 is 28.0. The Morgan fingerprint density at radius 1 is 1.24 bits per heavy atom. The molecular formula is C18H20N2O3S2. The van der Waals surface area contributed by atoms with Gasteiger partial charge in [0.2, 0.25) is 15.9 Å². The van der Waals surface area contributed by atoms with Gasteiger partial charge in [-0.1, -0.05) is 6.07 Å². The topological polar surface area (TPSA) is 57.7 Å². The van der Waals surface area contributed by atoms with Crippen LogP contribution in [0.15, 0.2) is 40.6 Å². The van der Waals surface area contributed by atoms with Crippen molar-refractivity contribution in [1.82, 2.24) is 4.31 Å². The van der Waals surface area contributed by atoms with Gasteiger partial charge in [-0.25, -0.2) is 8.42 Å². The minimum absolute atomic E-state index is 0.00772. The Bertz CT molecular complexity index is 906. The fraction of sp³-hybridized carbons (Fsp3) is 0.389. The van der Waals surface area contributed by atoms with Crippen molar-refractivity contribution in [2.24, 2.45) is 0 Å². The number of carbonyl (C=O) groups excluding carboxylic acids is 1. The summed E-state index contributed by atoms with van der Waals surface area (Å²) in [6, 6.07) is 9.07. The Kier molecular flexibility index (Phi) is 4.17. The molecule has 2 aromatic rings. The maximum atomic E-state index is 13.2. The van der Waals surface area contributed by atoms with Crippen LogP contribution >= 0.6 is 11.3 Å². The third-order valence-electron chi connectivity index (χ3n) is 5.01. The van der Waals surface area contributed by atoms with Crippen molar-refractivity contribution in [1.29, 1.82) is 0 Å². The molecule has 25 heavy (non-hydrogen) atoms. The molecular weight excluding hydrogens is 356 g/mol. The highest BCUT2D eigenvalue weighted by Crippen LogP contribution is 2.39. The zero-order valence-corrected chi connectivity index (χ0v) is 15.6. The molecule has 4 rings (SSSR count). The third-order valence-corrected chi connectivity index (χ3v) is 7.89. The predicted octanol–water partition coefficient (Wildman–Crippen LogP) is 3.18. The molecule has 1 fully saturated rings. The van der Waals surface area contributed by atoms with Gasteiger partial charge in [-0.3, -0.25) is 4.79 Å². The first-order chi connectivity index (χ1) is 12.0. The molecule has 1 aromatic carbocycles. The van der Waals surface area contributed by atoms with Gasteiger partial charge in [-0.2, -0.15) is 4.31 Å². The average Bonchev–Trinajstić information content (AvgIpc) is 3.32. The number of rotatable bonds is 3. The molecule has 2 aliphatic rings. The number of hydrogen-bond acceptors (Lipinski definition) is 4. The van der Waals surface area contributed by atoms with E-state index in [1.165, 1.54) is 6.92 Å². The van der Waals surface area contributed by atoms with Crippen molar-refractivity contribution in [3.63, 3.8) is 0 Å². The van der Waals surface area contributed by atoms with Crippen molar-refractivity contribution in [3.05, 3.63) is 46.2 Å². The number of anilines is 1. The number of sulfonamides is 1. The lowest BCUT2D eigenvalue weighted by Gasteiger charge is -2.24. The highest BCUT2D eigenvalue weighted by Gasteiger charge is 2.37. The van der Waals surface area contributed by atoms with Crippen molar-refractivity contribution in [3.8, 4) is 0 Å². The minimum Gasteiger partial charge on any atom is -0.312 e. The first kappa shape index (κ1) is 16.8. The molecule has 0 aliphatic carbocycles. The molecule has 0 spiro atoms. The van der Waals surface area contributed by atoms with E-state index in [1.807, 2.05) is 17.5 Å². The maximum Gasteiger partial charge on any atom is 0.243 e. The van der Waals surface area contributed by atoms with Crippen molar-refractivity contribution in [2.45, 2.75) is 37.1 Å². The molecule has 0 unspecified atom stereocenters. The number of hydrogen-bond donors (Lipinski definition) is 0. The van der Waals surface area contributed by atoms with E-state index in [-0.39, 0.29) is 11.9 Å². The van der Waals surface area contributed by atoms with E-state index in [1.54, 1.807) is 38.7 Å². The van der Waals surface area contributed by atoms with E-state index in [2.05, 4.69) is 0 Å².